The summed E-state index contributed by atoms with van der Waals surface area (Å²) in [4.78, 5) is 7.29. The number of rotatable bonds is 11. The van der Waals surface area contributed by atoms with Gasteiger partial charge >= 0.3 is 0 Å². The van der Waals surface area contributed by atoms with E-state index in [1.165, 1.54) is 32.2 Å². The van der Waals surface area contributed by atoms with Crippen molar-refractivity contribution in [1.29, 1.82) is 0 Å². The third kappa shape index (κ3) is 6.61. The van der Waals surface area contributed by atoms with Gasteiger partial charge in [0.25, 0.3) is 0 Å². The van der Waals surface area contributed by atoms with Gasteiger partial charge in [-0.25, -0.2) is 0 Å². The van der Waals surface area contributed by atoms with Crippen molar-refractivity contribution in [3.63, 3.8) is 0 Å². The van der Waals surface area contributed by atoms with Crippen LogP contribution in [0.3, 0.4) is 0 Å². The predicted octanol–water partition coefficient (Wildman–Crippen LogP) is 2.54. The molecule has 1 aromatic carbocycles. The monoisotopic (exact) mass is 358 g/mol. The highest BCUT2D eigenvalue weighted by Gasteiger charge is 2.33. The highest BCUT2D eigenvalue weighted by molar-refractivity contribution is 5.79. The molecule has 5 heteroatoms. The minimum atomic E-state index is -0.452. The number of nitrogens with one attached hydrogen (secondary N) is 2. The Labute approximate surface area is 157 Å². The van der Waals surface area contributed by atoms with E-state index < -0.39 is 6.10 Å². The molecule has 2 saturated carbocycles. The van der Waals surface area contributed by atoms with Crippen LogP contribution in [0.4, 0.5) is 0 Å². The fourth-order valence-corrected chi connectivity index (χ4v) is 3.29. The van der Waals surface area contributed by atoms with Crippen LogP contribution in [0, 0.1) is 5.92 Å². The second kappa shape index (κ2) is 9.93. The van der Waals surface area contributed by atoms with Crippen molar-refractivity contribution in [1.82, 2.24) is 15.5 Å². The number of hydrogen-bond donors (Lipinski definition) is 3. The van der Waals surface area contributed by atoms with E-state index in [4.69, 9.17) is 0 Å². The quantitative estimate of drug-likeness (QED) is 0.420. The number of nitrogens with zero attached hydrogens (tertiary/aromatic N) is 2. The topological polar surface area (TPSA) is 59.9 Å². The third-order valence-electron chi connectivity index (χ3n) is 5.15. The molecule has 3 N–H and O–H groups in total. The van der Waals surface area contributed by atoms with Crippen LogP contribution in [0.15, 0.2) is 35.3 Å². The standard InChI is InChI=1S/C21H34N4O/c1-2-22-21(23-13-12-20(26)18-6-4-3-5-7-18)24-14-15-25(19-10-11-19)16-17-8-9-17/h3-7,17,19-20,26H,2,8-16H2,1H3,(H2,22,23,24). The number of aliphatic imine (C=N–C) groups is 1. The molecular weight excluding hydrogens is 324 g/mol. The Kier molecular flexibility index (Phi) is 7.32. The van der Waals surface area contributed by atoms with Gasteiger partial charge in [0.05, 0.1) is 6.10 Å². The van der Waals surface area contributed by atoms with Crippen LogP contribution < -0.4 is 10.6 Å². The second-order valence-electron chi connectivity index (χ2n) is 7.57. The molecule has 5 nitrogen and oxygen atoms in total. The number of benzene rings is 1. The Morgan fingerprint density at radius 3 is 2.62 bits per heavy atom. The molecule has 144 valence electrons. The van der Waals surface area contributed by atoms with Gasteiger partial charge in [0, 0.05) is 38.8 Å². The maximum absolute atomic E-state index is 10.3. The Morgan fingerprint density at radius 1 is 1.19 bits per heavy atom. The molecule has 0 aliphatic heterocycles. The van der Waals surface area contributed by atoms with Crippen molar-refractivity contribution in [3.05, 3.63) is 35.9 Å². The maximum atomic E-state index is 10.3. The van der Waals surface area contributed by atoms with Crippen molar-refractivity contribution < 1.29 is 5.11 Å². The summed E-state index contributed by atoms with van der Waals surface area (Å²) < 4.78 is 0. The lowest BCUT2D eigenvalue weighted by atomic mass is 10.1. The zero-order chi connectivity index (χ0) is 18.2. The van der Waals surface area contributed by atoms with E-state index in [0.29, 0.717) is 13.0 Å². The Bertz CT molecular complexity index is 554. The minimum absolute atomic E-state index is 0.452. The molecule has 1 atom stereocenters. The van der Waals surface area contributed by atoms with Crippen molar-refractivity contribution in [2.75, 3.05) is 32.7 Å². The second-order valence-corrected chi connectivity index (χ2v) is 7.57. The number of aliphatic hydroxyl groups excluding tert-OH is 1. The van der Waals surface area contributed by atoms with Gasteiger partial charge in [0.2, 0.25) is 0 Å². The molecule has 2 aliphatic carbocycles. The van der Waals surface area contributed by atoms with Crippen molar-refractivity contribution in [3.8, 4) is 0 Å². The molecule has 0 amide bonds. The predicted molar refractivity (Wildman–Crippen MR) is 107 cm³/mol. The van der Waals surface area contributed by atoms with Crippen LogP contribution >= 0.6 is 0 Å². The van der Waals surface area contributed by atoms with Gasteiger partial charge in [-0.2, -0.15) is 0 Å². The van der Waals surface area contributed by atoms with Crippen LogP contribution in [0.2, 0.25) is 0 Å². The van der Waals surface area contributed by atoms with Crippen molar-refractivity contribution >= 4 is 5.96 Å². The summed E-state index contributed by atoms with van der Waals surface area (Å²) in [7, 11) is 0. The van der Waals surface area contributed by atoms with E-state index in [1.54, 1.807) is 0 Å². The van der Waals surface area contributed by atoms with Gasteiger partial charge in [-0.05, 0) is 50.5 Å². The molecule has 3 rings (SSSR count). The summed E-state index contributed by atoms with van der Waals surface area (Å²) >= 11 is 0. The first kappa shape index (κ1) is 19.2. The first-order chi connectivity index (χ1) is 12.8. The van der Waals surface area contributed by atoms with E-state index in [9.17, 15) is 5.11 Å². The van der Waals surface area contributed by atoms with Gasteiger partial charge in [-0.3, -0.25) is 9.89 Å². The van der Waals surface area contributed by atoms with Crippen LogP contribution in [0.25, 0.3) is 0 Å². The third-order valence-corrected chi connectivity index (χ3v) is 5.15. The molecule has 1 aromatic rings. The number of guanidine groups is 1. The van der Waals surface area contributed by atoms with Crippen LogP contribution in [-0.4, -0.2) is 54.7 Å². The van der Waals surface area contributed by atoms with Crippen LogP contribution in [0.5, 0.6) is 0 Å². The van der Waals surface area contributed by atoms with E-state index in [0.717, 1.165) is 43.1 Å². The van der Waals surface area contributed by atoms with Crippen molar-refractivity contribution in [2.24, 2.45) is 10.9 Å². The summed E-state index contributed by atoms with van der Waals surface area (Å²) in [5.41, 5.74) is 0.959. The average molecular weight is 359 g/mol. The lowest BCUT2D eigenvalue weighted by Gasteiger charge is -2.22. The van der Waals surface area contributed by atoms with E-state index in [1.807, 2.05) is 30.3 Å². The smallest absolute Gasteiger partial charge is 0.191 e. The summed E-state index contributed by atoms with van der Waals surface area (Å²) in [6, 6.07) is 10.6. The maximum Gasteiger partial charge on any atom is 0.191 e. The summed E-state index contributed by atoms with van der Waals surface area (Å²) in [6.45, 7) is 6.85. The van der Waals surface area contributed by atoms with Gasteiger partial charge < -0.3 is 15.7 Å². The van der Waals surface area contributed by atoms with Gasteiger partial charge in [-0.15, -0.1) is 0 Å². The van der Waals surface area contributed by atoms with Crippen LogP contribution in [0.1, 0.15) is 50.7 Å². The zero-order valence-corrected chi connectivity index (χ0v) is 16.0. The molecule has 0 heterocycles. The first-order valence-electron chi connectivity index (χ1n) is 10.3. The largest absolute Gasteiger partial charge is 0.388 e. The van der Waals surface area contributed by atoms with Crippen LogP contribution in [-0.2, 0) is 0 Å². The lowest BCUT2D eigenvalue weighted by Crippen LogP contribution is -2.42. The Balaban J connectivity index is 1.39. The zero-order valence-electron chi connectivity index (χ0n) is 16.0. The van der Waals surface area contributed by atoms with E-state index >= 15 is 0 Å². The number of hydrogen-bond acceptors (Lipinski definition) is 3. The minimum Gasteiger partial charge on any atom is -0.388 e. The lowest BCUT2D eigenvalue weighted by molar-refractivity contribution is 0.170. The summed E-state index contributed by atoms with van der Waals surface area (Å²) in [5.74, 6) is 1.81. The van der Waals surface area contributed by atoms with Gasteiger partial charge in [0.1, 0.15) is 0 Å². The molecule has 0 bridgehead atoms. The Hall–Kier alpha value is -1.59. The molecule has 0 spiro atoms. The molecule has 0 radical (unpaired) electrons. The fourth-order valence-electron chi connectivity index (χ4n) is 3.29. The van der Waals surface area contributed by atoms with Gasteiger partial charge in [-0.1, -0.05) is 30.3 Å². The summed E-state index contributed by atoms with van der Waals surface area (Å²) in [5, 5.41) is 17.0. The van der Waals surface area contributed by atoms with Gasteiger partial charge in [0.15, 0.2) is 5.96 Å². The molecule has 1 unspecified atom stereocenters. The molecule has 26 heavy (non-hydrogen) atoms. The summed E-state index contributed by atoms with van der Waals surface area (Å²) in [6.07, 6.45) is 5.77. The highest BCUT2D eigenvalue weighted by atomic mass is 16.3. The molecule has 2 aliphatic rings. The molecule has 0 aromatic heterocycles. The molecular formula is C21H34N4O. The SMILES string of the molecule is CCNC(=NCCC(O)c1ccccc1)NCCN(CC1CC1)C1CC1. The van der Waals surface area contributed by atoms with E-state index in [-0.39, 0.29) is 0 Å². The highest BCUT2D eigenvalue weighted by Crippen LogP contribution is 2.34. The molecule has 0 saturated heterocycles. The normalized spacial score (nSPS) is 18.8. The average Bonchev–Trinajstić information content (AvgIpc) is 3.55. The Morgan fingerprint density at radius 2 is 1.96 bits per heavy atom. The van der Waals surface area contributed by atoms with E-state index in [2.05, 4.69) is 27.4 Å². The number of aliphatic hydroxyl groups is 1. The first-order valence-corrected chi connectivity index (χ1v) is 10.3. The van der Waals surface area contributed by atoms with Crippen molar-refractivity contribution in [2.45, 2.75) is 51.2 Å². The molecule has 2 fully saturated rings. The fraction of sp³-hybridized carbons (Fsp3) is 0.667.